The zero-order valence-corrected chi connectivity index (χ0v) is 12.7. The van der Waals surface area contributed by atoms with E-state index in [9.17, 15) is 14.4 Å². The van der Waals surface area contributed by atoms with Gasteiger partial charge in [0.25, 0.3) is 11.5 Å². The lowest BCUT2D eigenvalue weighted by Crippen LogP contribution is -2.38. The summed E-state index contributed by atoms with van der Waals surface area (Å²) in [6.45, 7) is 1.73. The molecular formula is C13H16N6O3. The summed E-state index contributed by atoms with van der Waals surface area (Å²) in [7, 11) is 4.47. The molecule has 1 amide bonds. The van der Waals surface area contributed by atoms with E-state index >= 15 is 0 Å². The van der Waals surface area contributed by atoms with E-state index in [-0.39, 0.29) is 11.4 Å². The second-order valence-electron chi connectivity index (χ2n) is 4.72. The van der Waals surface area contributed by atoms with Gasteiger partial charge in [0.2, 0.25) is 5.95 Å². The molecule has 22 heavy (non-hydrogen) atoms. The molecule has 2 aromatic rings. The number of nitrogens with one attached hydrogen (secondary N) is 2. The Morgan fingerprint density at radius 2 is 1.91 bits per heavy atom. The highest BCUT2D eigenvalue weighted by atomic mass is 16.2. The van der Waals surface area contributed by atoms with E-state index in [2.05, 4.69) is 20.6 Å². The number of carbonyl (C=O) groups excluding carboxylic acids is 1. The molecule has 2 heterocycles. The molecule has 0 aliphatic heterocycles. The van der Waals surface area contributed by atoms with Crippen LogP contribution in [0.1, 0.15) is 16.2 Å². The van der Waals surface area contributed by atoms with Gasteiger partial charge in [-0.1, -0.05) is 0 Å². The molecule has 0 atom stereocenters. The molecular weight excluding hydrogens is 288 g/mol. The van der Waals surface area contributed by atoms with Crippen molar-refractivity contribution < 1.29 is 4.79 Å². The van der Waals surface area contributed by atoms with E-state index in [4.69, 9.17) is 0 Å². The minimum absolute atomic E-state index is 0.00290. The van der Waals surface area contributed by atoms with Gasteiger partial charge in [0.1, 0.15) is 11.4 Å². The molecule has 9 nitrogen and oxygen atoms in total. The van der Waals surface area contributed by atoms with Crippen LogP contribution in [0.15, 0.2) is 21.9 Å². The minimum atomic E-state index is -0.587. The Labute approximate surface area is 125 Å². The van der Waals surface area contributed by atoms with Gasteiger partial charge in [-0.25, -0.2) is 14.8 Å². The highest BCUT2D eigenvalue weighted by molar-refractivity contribution is 6.02. The van der Waals surface area contributed by atoms with Crippen LogP contribution < -0.4 is 21.9 Å². The fourth-order valence-electron chi connectivity index (χ4n) is 1.88. The second-order valence-corrected chi connectivity index (χ2v) is 4.72. The molecule has 0 aromatic carbocycles. The Morgan fingerprint density at radius 1 is 1.23 bits per heavy atom. The maximum Gasteiger partial charge on any atom is 0.330 e. The van der Waals surface area contributed by atoms with Crippen molar-refractivity contribution in [3.8, 4) is 0 Å². The van der Waals surface area contributed by atoms with Crippen molar-refractivity contribution >= 4 is 17.5 Å². The van der Waals surface area contributed by atoms with Crippen LogP contribution in [0.4, 0.5) is 11.6 Å². The summed E-state index contributed by atoms with van der Waals surface area (Å²) in [5, 5.41) is 5.21. The highest BCUT2D eigenvalue weighted by Gasteiger charge is 2.14. The van der Waals surface area contributed by atoms with Crippen LogP contribution in [-0.4, -0.2) is 32.1 Å². The number of amides is 1. The number of aromatic nitrogens is 4. The summed E-state index contributed by atoms with van der Waals surface area (Å²) in [5.74, 6) is -0.253. The Balaban J connectivity index is 2.40. The van der Waals surface area contributed by atoms with Crippen molar-refractivity contribution in [2.24, 2.45) is 14.1 Å². The molecule has 2 N–H and O–H groups in total. The van der Waals surface area contributed by atoms with Crippen LogP contribution in [0.25, 0.3) is 0 Å². The standard InChI is InChI=1S/C13H16N6O3/c1-7-5-8(17-12(14-2)15-7)10(20)16-9-6-18(3)13(22)19(4)11(9)21/h5-6H,1-4H3,(H,16,20)(H,14,15,17). The maximum atomic E-state index is 12.2. The Bertz CT molecular complexity index is 852. The maximum absolute atomic E-state index is 12.2. The van der Waals surface area contributed by atoms with Crippen LogP contribution in [0.5, 0.6) is 0 Å². The summed E-state index contributed by atoms with van der Waals surface area (Å²) in [6, 6.07) is 1.50. The second kappa shape index (κ2) is 5.80. The normalized spacial score (nSPS) is 10.4. The number of aryl methyl sites for hydroxylation is 2. The summed E-state index contributed by atoms with van der Waals surface area (Å²) in [6.07, 6.45) is 1.27. The van der Waals surface area contributed by atoms with Gasteiger partial charge < -0.3 is 15.2 Å². The highest BCUT2D eigenvalue weighted by Crippen LogP contribution is 2.06. The summed E-state index contributed by atoms with van der Waals surface area (Å²) in [4.78, 5) is 43.9. The van der Waals surface area contributed by atoms with Crippen molar-refractivity contribution in [1.82, 2.24) is 19.1 Å². The van der Waals surface area contributed by atoms with Crippen LogP contribution in [-0.2, 0) is 14.1 Å². The first kappa shape index (κ1) is 15.4. The van der Waals surface area contributed by atoms with Gasteiger partial charge in [0.05, 0.1) is 0 Å². The molecule has 0 unspecified atom stereocenters. The van der Waals surface area contributed by atoms with Gasteiger partial charge in [-0.15, -0.1) is 0 Å². The summed E-state index contributed by atoms with van der Waals surface area (Å²) in [5.41, 5.74) is -0.336. The molecule has 2 aromatic heterocycles. The smallest absolute Gasteiger partial charge is 0.330 e. The molecule has 0 aliphatic carbocycles. The van der Waals surface area contributed by atoms with Gasteiger partial charge >= 0.3 is 5.69 Å². The summed E-state index contributed by atoms with van der Waals surface area (Å²) < 4.78 is 2.13. The lowest BCUT2D eigenvalue weighted by Gasteiger charge is -2.09. The quantitative estimate of drug-likeness (QED) is 0.789. The van der Waals surface area contributed by atoms with Crippen molar-refractivity contribution in [1.29, 1.82) is 0 Å². The van der Waals surface area contributed by atoms with Crippen LogP contribution in [0.2, 0.25) is 0 Å². The topological polar surface area (TPSA) is 111 Å². The molecule has 2 rings (SSSR count). The van der Waals surface area contributed by atoms with Gasteiger partial charge in [-0.05, 0) is 13.0 Å². The molecule has 116 valence electrons. The Morgan fingerprint density at radius 3 is 2.55 bits per heavy atom. The van der Waals surface area contributed by atoms with E-state index in [0.717, 1.165) is 4.57 Å². The van der Waals surface area contributed by atoms with Crippen molar-refractivity contribution in [2.75, 3.05) is 17.7 Å². The molecule has 0 saturated carbocycles. The van der Waals surface area contributed by atoms with E-state index in [1.165, 1.54) is 30.9 Å². The first-order valence-electron chi connectivity index (χ1n) is 6.45. The zero-order valence-electron chi connectivity index (χ0n) is 12.7. The zero-order chi connectivity index (χ0) is 16.4. The Hall–Kier alpha value is -2.97. The average molecular weight is 304 g/mol. The molecule has 9 heteroatoms. The van der Waals surface area contributed by atoms with Crippen molar-refractivity contribution in [3.63, 3.8) is 0 Å². The van der Waals surface area contributed by atoms with Crippen LogP contribution in [0, 0.1) is 6.92 Å². The molecule has 0 fully saturated rings. The minimum Gasteiger partial charge on any atom is -0.357 e. The Kier molecular flexibility index (Phi) is 4.06. The average Bonchev–Trinajstić information content (AvgIpc) is 2.49. The number of anilines is 2. The number of hydrogen-bond donors (Lipinski definition) is 2. The van der Waals surface area contributed by atoms with Gasteiger partial charge in [-0.3, -0.25) is 14.2 Å². The molecule has 0 radical (unpaired) electrons. The number of hydrogen-bond acceptors (Lipinski definition) is 6. The first-order chi connectivity index (χ1) is 10.3. The fourth-order valence-corrected chi connectivity index (χ4v) is 1.88. The monoisotopic (exact) mass is 304 g/mol. The molecule has 0 spiro atoms. The number of carbonyl (C=O) groups is 1. The lowest BCUT2D eigenvalue weighted by atomic mass is 10.3. The van der Waals surface area contributed by atoms with Gasteiger partial charge in [0, 0.05) is 33.0 Å². The predicted octanol–water partition coefficient (Wildman–Crippen LogP) is -0.524. The van der Waals surface area contributed by atoms with E-state index in [1.54, 1.807) is 14.0 Å². The van der Waals surface area contributed by atoms with Crippen LogP contribution >= 0.6 is 0 Å². The molecule has 0 bridgehead atoms. The number of nitrogens with zero attached hydrogens (tertiary/aromatic N) is 4. The van der Waals surface area contributed by atoms with E-state index < -0.39 is 17.2 Å². The van der Waals surface area contributed by atoms with Gasteiger partial charge in [-0.2, -0.15) is 0 Å². The van der Waals surface area contributed by atoms with Crippen molar-refractivity contribution in [2.45, 2.75) is 6.92 Å². The molecule has 0 aliphatic rings. The fraction of sp³-hybridized carbons (Fsp3) is 0.308. The largest absolute Gasteiger partial charge is 0.357 e. The van der Waals surface area contributed by atoms with E-state index in [1.807, 2.05) is 0 Å². The number of rotatable bonds is 3. The summed E-state index contributed by atoms with van der Waals surface area (Å²) >= 11 is 0. The lowest BCUT2D eigenvalue weighted by molar-refractivity contribution is 0.102. The van der Waals surface area contributed by atoms with Crippen LogP contribution in [0.3, 0.4) is 0 Å². The predicted molar refractivity (Wildman–Crippen MR) is 81.2 cm³/mol. The third-order valence-electron chi connectivity index (χ3n) is 3.01. The third kappa shape index (κ3) is 2.87. The van der Waals surface area contributed by atoms with Crippen molar-refractivity contribution in [3.05, 3.63) is 44.5 Å². The van der Waals surface area contributed by atoms with E-state index in [0.29, 0.717) is 11.6 Å². The van der Waals surface area contributed by atoms with Gasteiger partial charge in [0.15, 0.2) is 0 Å². The third-order valence-corrected chi connectivity index (χ3v) is 3.01. The first-order valence-corrected chi connectivity index (χ1v) is 6.45. The SMILES string of the molecule is CNc1nc(C)cc(C(=O)Nc2cn(C)c(=O)n(C)c2=O)n1. The molecule has 0 saturated heterocycles.